The normalized spacial score (nSPS) is 13.7. The predicted octanol–water partition coefficient (Wildman–Crippen LogP) is 1.60. The molecule has 4 heteroatoms. The molecule has 0 aliphatic carbocycles. The van der Waals surface area contributed by atoms with Crippen LogP contribution in [0.3, 0.4) is 0 Å². The molecule has 1 aliphatic heterocycles. The van der Waals surface area contributed by atoms with Crippen molar-refractivity contribution in [3.63, 3.8) is 0 Å². The zero-order chi connectivity index (χ0) is 12.3. The van der Waals surface area contributed by atoms with Crippen LogP contribution in [0.4, 0.5) is 0 Å². The Labute approximate surface area is 100 Å². The molecule has 0 N–H and O–H groups in total. The van der Waals surface area contributed by atoms with Crippen LogP contribution >= 0.6 is 0 Å². The summed E-state index contributed by atoms with van der Waals surface area (Å²) in [5, 5.41) is 0. The number of hydrogen-bond acceptors (Lipinski definition) is 3. The molecule has 0 saturated carbocycles. The number of fused-ring (bicyclic) bond motifs is 1. The molecule has 0 spiro atoms. The highest BCUT2D eigenvalue weighted by atomic mass is 16.5. The highest BCUT2D eigenvalue weighted by Gasteiger charge is 2.26. The van der Waals surface area contributed by atoms with E-state index in [-0.39, 0.29) is 11.9 Å². The van der Waals surface area contributed by atoms with E-state index in [1.807, 2.05) is 24.3 Å². The van der Waals surface area contributed by atoms with Gasteiger partial charge in [0.2, 0.25) is 0 Å². The van der Waals surface area contributed by atoms with Gasteiger partial charge < -0.3 is 9.64 Å². The Hall–Kier alpha value is -1.84. The summed E-state index contributed by atoms with van der Waals surface area (Å²) < 4.78 is 4.56. The average Bonchev–Trinajstić information content (AvgIpc) is 2.67. The Morgan fingerprint density at radius 2 is 2.18 bits per heavy atom. The molecule has 0 bridgehead atoms. The van der Waals surface area contributed by atoms with E-state index < -0.39 is 0 Å². The van der Waals surface area contributed by atoms with E-state index >= 15 is 0 Å². The van der Waals surface area contributed by atoms with Crippen LogP contribution in [0.2, 0.25) is 0 Å². The van der Waals surface area contributed by atoms with Gasteiger partial charge in [-0.2, -0.15) is 0 Å². The van der Waals surface area contributed by atoms with E-state index in [4.69, 9.17) is 0 Å². The van der Waals surface area contributed by atoms with E-state index in [0.29, 0.717) is 25.9 Å². The number of carbonyl (C=O) groups excluding carboxylic acids is 2. The molecular formula is C13H15NO3. The lowest BCUT2D eigenvalue weighted by Crippen LogP contribution is -2.25. The summed E-state index contributed by atoms with van der Waals surface area (Å²) in [6.45, 7) is 1.25. The highest BCUT2D eigenvalue weighted by Crippen LogP contribution is 2.22. The van der Waals surface area contributed by atoms with Gasteiger partial charge in [0.25, 0.3) is 5.91 Å². The number of nitrogens with zero attached hydrogens (tertiary/aromatic N) is 1. The maximum atomic E-state index is 12.0. The Bertz CT molecular complexity index is 442. The molecule has 0 unspecified atom stereocenters. The third-order valence-corrected chi connectivity index (χ3v) is 2.93. The van der Waals surface area contributed by atoms with Crippen molar-refractivity contribution in [2.75, 3.05) is 13.7 Å². The third-order valence-electron chi connectivity index (χ3n) is 2.93. The van der Waals surface area contributed by atoms with Gasteiger partial charge in [-0.25, -0.2) is 0 Å². The maximum Gasteiger partial charge on any atom is 0.305 e. The number of carbonyl (C=O) groups is 2. The molecular weight excluding hydrogens is 218 g/mol. The van der Waals surface area contributed by atoms with Crippen LogP contribution in [0.15, 0.2) is 24.3 Å². The fourth-order valence-corrected chi connectivity index (χ4v) is 2.01. The summed E-state index contributed by atoms with van der Waals surface area (Å²) in [6.07, 6.45) is 1.00. The molecule has 1 aromatic carbocycles. The second kappa shape index (κ2) is 4.99. The smallest absolute Gasteiger partial charge is 0.305 e. The molecule has 90 valence electrons. The molecule has 1 heterocycles. The van der Waals surface area contributed by atoms with Crippen LogP contribution in [-0.2, 0) is 16.1 Å². The molecule has 1 amide bonds. The number of amides is 1. The Morgan fingerprint density at radius 1 is 1.41 bits per heavy atom. The zero-order valence-corrected chi connectivity index (χ0v) is 9.81. The van der Waals surface area contributed by atoms with Crippen LogP contribution in [0.5, 0.6) is 0 Å². The zero-order valence-electron chi connectivity index (χ0n) is 9.81. The van der Waals surface area contributed by atoms with Gasteiger partial charge in [0.1, 0.15) is 0 Å². The van der Waals surface area contributed by atoms with Crippen molar-refractivity contribution < 1.29 is 14.3 Å². The second-order valence-electron chi connectivity index (χ2n) is 4.06. The van der Waals surface area contributed by atoms with Gasteiger partial charge >= 0.3 is 5.97 Å². The average molecular weight is 233 g/mol. The lowest BCUT2D eigenvalue weighted by atomic mass is 10.1. The first-order valence-corrected chi connectivity index (χ1v) is 5.66. The monoisotopic (exact) mass is 233 g/mol. The van der Waals surface area contributed by atoms with Crippen LogP contribution < -0.4 is 0 Å². The topological polar surface area (TPSA) is 46.6 Å². The summed E-state index contributed by atoms with van der Waals surface area (Å²) in [7, 11) is 1.37. The van der Waals surface area contributed by atoms with Crippen molar-refractivity contribution >= 4 is 11.9 Å². The van der Waals surface area contributed by atoms with Crippen molar-refractivity contribution in [3.8, 4) is 0 Å². The van der Waals surface area contributed by atoms with E-state index in [1.54, 1.807) is 4.90 Å². The summed E-state index contributed by atoms with van der Waals surface area (Å²) in [6, 6.07) is 7.62. The largest absolute Gasteiger partial charge is 0.469 e. The number of esters is 1. The molecule has 0 saturated heterocycles. The van der Waals surface area contributed by atoms with Crippen LogP contribution in [0.1, 0.15) is 28.8 Å². The Morgan fingerprint density at radius 3 is 2.88 bits per heavy atom. The van der Waals surface area contributed by atoms with Crippen molar-refractivity contribution in [1.29, 1.82) is 0 Å². The molecule has 1 aliphatic rings. The fourth-order valence-electron chi connectivity index (χ4n) is 2.01. The number of ether oxygens (including phenoxy) is 1. The first kappa shape index (κ1) is 11.6. The molecule has 0 atom stereocenters. The van der Waals surface area contributed by atoms with Gasteiger partial charge in [-0.05, 0) is 18.1 Å². The summed E-state index contributed by atoms with van der Waals surface area (Å²) in [5.74, 6) is -0.167. The summed E-state index contributed by atoms with van der Waals surface area (Å²) in [4.78, 5) is 24.7. The van der Waals surface area contributed by atoms with Crippen molar-refractivity contribution in [1.82, 2.24) is 4.90 Å². The first-order chi connectivity index (χ1) is 8.22. The van der Waals surface area contributed by atoms with E-state index in [1.165, 1.54) is 7.11 Å². The second-order valence-corrected chi connectivity index (χ2v) is 4.06. The van der Waals surface area contributed by atoms with E-state index in [0.717, 1.165) is 11.1 Å². The van der Waals surface area contributed by atoms with Crippen molar-refractivity contribution in [2.45, 2.75) is 19.4 Å². The van der Waals surface area contributed by atoms with E-state index in [2.05, 4.69) is 4.74 Å². The highest BCUT2D eigenvalue weighted by molar-refractivity contribution is 5.98. The van der Waals surface area contributed by atoms with Gasteiger partial charge in [0, 0.05) is 25.1 Å². The van der Waals surface area contributed by atoms with Crippen LogP contribution in [0.25, 0.3) is 0 Å². The number of hydrogen-bond donors (Lipinski definition) is 0. The Kier molecular flexibility index (Phi) is 3.42. The lowest BCUT2D eigenvalue weighted by Gasteiger charge is -2.14. The standard InChI is InChI=1S/C13H15NO3/c1-17-12(15)7-4-8-14-9-10-5-2-3-6-11(10)13(14)16/h2-3,5-6H,4,7-9H2,1H3. The number of rotatable bonds is 4. The van der Waals surface area contributed by atoms with E-state index in [9.17, 15) is 9.59 Å². The van der Waals surface area contributed by atoms with Crippen LogP contribution in [0, 0.1) is 0 Å². The molecule has 2 rings (SSSR count). The van der Waals surface area contributed by atoms with Crippen LogP contribution in [-0.4, -0.2) is 30.4 Å². The molecule has 17 heavy (non-hydrogen) atoms. The third kappa shape index (κ3) is 2.46. The Balaban J connectivity index is 1.90. The van der Waals surface area contributed by atoms with Gasteiger partial charge in [-0.1, -0.05) is 18.2 Å². The minimum Gasteiger partial charge on any atom is -0.469 e. The molecule has 0 aromatic heterocycles. The minimum absolute atomic E-state index is 0.0606. The van der Waals surface area contributed by atoms with Gasteiger partial charge in [0.15, 0.2) is 0 Å². The van der Waals surface area contributed by atoms with Gasteiger partial charge in [-0.3, -0.25) is 9.59 Å². The van der Waals surface area contributed by atoms with Crippen molar-refractivity contribution in [2.24, 2.45) is 0 Å². The minimum atomic E-state index is -0.228. The quantitative estimate of drug-likeness (QED) is 0.742. The molecule has 4 nitrogen and oxygen atoms in total. The predicted molar refractivity (Wildman–Crippen MR) is 62.4 cm³/mol. The number of methoxy groups -OCH3 is 1. The first-order valence-electron chi connectivity index (χ1n) is 5.66. The van der Waals surface area contributed by atoms with Crippen molar-refractivity contribution in [3.05, 3.63) is 35.4 Å². The molecule has 0 fully saturated rings. The SMILES string of the molecule is COC(=O)CCCN1Cc2ccccc2C1=O. The fraction of sp³-hybridized carbons (Fsp3) is 0.385. The number of benzene rings is 1. The maximum absolute atomic E-state index is 12.0. The summed E-state index contributed by atoms with van der Waals surface area (Å²) in [5.41, 5.74) is 1.85. The lowest BCUT2D eigenvalue weighted by molar-refractivity contribution is -0.140. The molecule has 1 aromatic rings. The van der Waals surface area contributed by atoms with Gasteiger partial charge in [0.05, 0.1) is 7.11 Å². The summed E-state index contributed by atoms with van der Waals surface area (Å²) >= 11 is 0. The van der Waals surface area contributed by atoms with Gasteiger partial charge in [-0.15, -0.1) is 0 Å². The molecule has 0 radical (unpaired) electrons.